The molecule has 1 aromatic carbocycles. The van der Waals surface area contributed by atoms with Crippen molar-refractivity contribution >= 4 is 35.1 Å². The molecule has 1 heterocycles. The Balaban J connectivity index is 2.06. The molecule has 0 atom stereocenters. The van der Waals surface area contributed by atoms with Crippen molar-refractivity contribution in [2.75, 3.05) is 7.11 Å². The van der Waals surface area contributed by atoms with Gasteiger partial charge in [0.2, 0.25) is 0 Å². The first-order valence-electron chi connectivity index (χ1n) is 6.39. The standard InChI is InChI=1S/C15H15ClN2O2S/c1-3-11-5-6-12(21-11)9-17-18-15(19)13-8-10(16)4-7-14(13)20-2/h4-9H,3H2,1-2H3,(H,18,19)/b17-9-. The van der Waals surface area contributed by atoms with Gasteiger partial charge in [0.1, 0.15) is 5.75 Å². The Bertz CT molecular complexity index is 667. The van der Waals surface area contributed by atoms with Gasteiger partial charge in [-0.05, 0) is 36.8 Å². The van der Waals surface area contributed by atoms with Crippen LogP contribution in [0.15, 0.2) is 35.4 Å². The van der Waals surface area contributed by atoms with Crippen molar-refractivity contribution in [2.45, 2.75) is 13.3 Å². The monoisotopic (exact) mass is 322 g/mol. The van der Waals surface area contributed by atoms with Crippen molar-refractivity contribution in [3.05, 3.63) is 50.7 Å². The lowest BCUT2D eigenvalue weighted by Gasteiger charge is -2.06. The third-order valence-electron chi connectivity index (χ3n) is 2.79. The van der Waals surface area contributed by atoms with Crippen molar-refractivity contribution < 1.29 is 9.53 Å². The summed E-state index contributed by atoms with van der Waals surface area (Å²) in [6, 6.07) is 8.88. The van der Waals surface area contributed by atoms with Crippen molar-refractivity contribution in [3.8, 4) is 5.75 Å². The first kappa shape index (κ1) is 15.5. The smallest absolute Gasteiger partial charge is 0.275 e. The molecular formula is C15H15ClN2O2S. The Kier molecular flexibility index (Phi) is 5.36. The van der Waals surface area contributed by atoms with E-state index in [0.717, 1.165) is 11.3 Å². The second-order valence-corrected chi connectivity index (χ2v) is 5.84. The largest absolute Gasteiger partial charge is 0.496 e. The van der Waals surface area contributed by atoms with E-state index in [0.29, 0.717) is 16.3 Å². The maximum Gasteiger partial charge on any atom is 0.275 e. The highest BCUT2D eigenvalue weighted by Crippen LogP contribution is 2.22. The topological polar surface area (TPSA) is 50.7 Å². The van der Waals surface area contributed by atoms with Crippen LogP contribution in [0.5, 0.6) is 5.75 Å². The second-order valence-electron chi connectivity index (χ2n) is 4.20. The fourth-order valence-electron chi connectivity index (χ4n) is 1.73. The first-order chi connectivity index (χ1) is 10.1. The van der Waals surface area contributed by atoms with Crippen LogP contribution >= 0.6 is 22.9 Å². The molecule has 0 spiro atoms. The molecule has 0 saturated carbocycles. The lowest BCUT2D eigenvalue weighted by molar-refractivity contribution is 0.0952. The van der Waals surface area contributed by atoms with E-state index in [9.17, 15) is 4.79 Å². The molecule has 2 aromatic rings. The number of carbonyl (C=O) groups excluding carboxylic acids is 1. The van der Waals surface area contributed by atoms with Crippen LogP contribution in [0, 0.1) is 0 Å². The highest BCUT2D eigenvalue weighted by molar-refractivity contribution is 7.13. The molecule has 0 fully saturated rings. The van der Waals surface area contributed by atoms with E-state index in [1.165, 1.54) is 12.0 Å². The molecule has 0 bridgehead atoms. The molecule has 4 nitrogen and oxygen atoms in total. The molecule has 110 valence electrons. The summed E-state index contributed by atoms with van der Waals surface area (Å²) < 4.78 is 5.13. The summed E-state index contributed by atoms with van der Waals surface area (Å²) in [5.41, 5.74) is 2.82. The lowest BCUT2D eigenvalue weighted by Crippen LogP contribution is -2.18. The molecule has 0 aliphatic carbocycles. The first-order valence-corrected chi connectivity index (χ1v) is 7.59. The molecule has 1 amide bonds. The minimum absolute atomic E-state index is 0.350. The number of amides is 1. The Morgan fingerprint density at radius 2 is 2.24 bits per heavy atom. The van der Waals surface area contributed by atoms with Gasteiger partial charge in [0, 0.05) is 14.8 Å². The van der Waals surface area contributed by atoms with Crippen molar-refractivity contribution in [2.24, 2.45) is 5.10 Å². The number of halogens is 1. The maximum absolute atomic E-state index is 12.1. The zero-order valence-corrected chi connectivity index (χ0v) is 13.3. The minimum atomic E-state index is -0.363. The van der Waals surface area contributed by atoms with E-state index < -0.39 is 0 Å². The van der Waals surface area contributed by atoms with E-state index in [1.54, 1.807) is 35.8 Å². The summed E-state index contributed by atoms with van der Waals surface area (Å²) in [6.45, 7) is 2.10. The van der Waals surface area contributed by atoms with Gasteiger partial charge in [-0.25, -0.2) is 5.43 Å². The summed E-state index contributed by atoms with van der Waals surface area (Å²) in [5.74, 6) is 0.0920. The van der Waals surface area contributed by atoms with E-state index in [2.05, 4.69) is 17.5 Å². The molecular weight excluding hydrogens is 308 g/mol. The van der Waals surface area contributed by atoms with Gasteiger partial charge in [0.05, 0.1) is 18.9 Å². The van der Waals surface area contributed by atoms with Crippen LogP contribution in [0.4, 0.5) is 0 Å². The van der Waals surface area contributed by atoms with Crippen LogP contribution in [-0.2, 0) is 6.42 Å². The normalized spacial score (nSPS) is 10.8. The summed E-state index contributed by atoms with van der Waals surface area (Å²) in [7, 11) is 1.50. The van der Waals surface area contributed by atoms with Gasteiger partial charge in [-0.3, -0.25) is 4.79 Å². The van der Waals surface area contributed by atoms with E-state index in [4.69, 9.17) is 16.3 Å². The summed E-state index contributed by atoms with van der Waals surface area (Å²) >= 11 is 7.54. The molecule has 1 N–H and O–H groups in total. The number of rotatable bonds is 5. The Morgan fingerprint density at radius 1 is 1.43 bits per heavy atom. The zero-order valence-electron chi connectivity index (χ0n) is 11.7. The van der Waals surface area contributed by atoms with Crippen LogP contribution in [0.25, 0.3) is 0 Å². The predicted molar refractivity (Wildman–Crippen MR) is 86.8 cm³/mol. The summed E-state index contributed by atoms with van der Waals surface area (Å²) in [4.78, 5) is 14.3. The number of hydrogen-bond donors (Lipinski definition) is 1. The number of thiophene rings is 1. The Hall–Kier alpha value is -1.85. The third-order valence-corrected chi connectivity index (χ3v) is 4.19. The van der Waals surface area contributed by atoms with Gasteiger partial charge in [-0.1, -0.05) is 18.5 Å². The van der Waals surface area contributed by atoms with Gasteiger partial charge in [-0.15, -0.1) is 11.3 Å². The van der Waals surface area contributed by atoms with E-state index in [-0.39, 0.29) is 5.91 Å². The SMILES string of the molecule is CCc1ccc(/C=N\NC(=O)c2cc(Cl)ccc2OC)s1. The van der Waals surface area contributed by atoms with Gasteiger partial charge in [-0.2, -0.15) is 5.10 Å². The fourth-order valence-corrected chi connectivity index (χ4v) is 2.72. The van der Waals surface area contributed by atoms with Crippen molar-refractivity contribution in [1.29, 1.82) is 0 Å². The van der Waals surface area contributed by atoms with Crippen LogP contribution in [0.2, 0.25) is 5.02 Å². The van der Waals surface area contributed by atoms with Crippen molar-refractivity contribution in [3.63, 3.8) is 0 Å². The summed E-state index contributed by atoms with van der Waals surface area (Å²) in [6.07, 6.45) is 2.61. The molecule has 2 rings (SSSR count). The number of aryl methyl sites for hydroxylation is 1. The lowest BCUT2D eigenvalue weighted by atomic mass is 10.2. The zero-order chi connectivity index (χ0) is 15.2. The number of benzene rings is 1. The van der Waals surface area contributed by atoms with Gasteiger partial charge >= 0.3 is 0 Å². The fraction of sp³-hybridized carbons (Fsp3) is 0.200. The molecule has 0 unspecified atom stereocenters. The molecule has 6 heteroatoms. The second kappa shape index (κ2) is 7.24. The van der Waals surface area contributed by atoms with Crippen LogP contribution < -0.4 is 10.2 Å². The van der Waals surface area contributed by atoms with Gasteiger partial charge < -0.3 is 4.74 Å². The maximum atomic E-state index is 12.1. The minimum Gasteiger partial charge on any atom is -0.496 e. The molecule has 1 aromatic heterocycles. The van der Waals surface area contributed by atoms with Crippen molar-refractivity contribution in [1.82, 2.24) is 5.43 Å². The van der Waals surface area contributed by atoms with Crippen LogP contribution in [-0.4, -0.2) is 19.2 Å². The Morgan fingerprint density at radius 3 is 2.90 bits per heavy atom. The average Bonchev–Trinajstić information content (AvgIpc) is 2.95. The molecule has 0 saturated heterocycles. The van der Waals surface area contributed by atoms with E-state index in [1.807, 2.05) is 12.1 Å². The molecule has 21 heavy (non-hydrogen) atoms. The molecule has 0 radical (unpaired) electrons. The Labute approximate surface area is 132 Å². The number of methoxy groups -OCH3 is 1. The van der Waals surface area contributed by atoms with Crippen LogP contribution in [0.3, 0.4) is 0 Å². The number of nitrogens with one attached hydrogen (secondary N) is 1. The van der Waals surface area contributed by atoms with E-state index >= 15 is 0 Å². The molecule has 0 aliphatic heterocycles. The number of ether oxygens (including phenoxy) is 1. The number of nitrogens with zero attached hydrogens (tertiary/aromatic N) is 1. The van der Waals surface area contributed by atoms with Gasteiger partial charge in [0.15, 0.2) is 0 Å². The average molecular weight is 323 g/mol. The number of hydrazone groups is 1. The van der Waals surface area contributed by atoms with Crippen LogP contribution in [0.1, 0.15) is 27.0 Å². The third kappa shape index (κ3) is 4.06. The summed E-state index contributed by atoms with van der Waals surface area (Å²) in [5, 5.41) is 4.43. The quantitative estimate of drug-likeness (QED) is 0.673. The molecule has 0 aliphatic rings. The number of carbonyl (C=O) groups is 1. The highest BCUT2D eigenvalue weighted by atomic mass is 35.5. The number of hydrogen-bond acceptors (Lipinski definition) is 4. The predicted octanol–water partition coefficient (Wildman–Crippen LogP) is 3.74. The highest BCUT2D eigenvalue weighted by Gasteiger charge is 2.12. The van der Waals surface area contributed by atoms with Gasteiger partial charge in [0.25, 0.3) is 5.91 Å².